The van der Waals surface area contributed by atoms with E-state index in [1.807, 2.05) is 12.4 Å². The van der Waals surface area contributed by atoms with E-state index >= 15 is 0 Å². The molecule has 0 amide bonds. The Morgan fingerprint density at radius 2 is 1.00 bits per heavy atom. The number of fused-ring (bicyclic) bond motifs is 6. The Hall–Kier alpha value is -3.66. The molecule has 0 saturated carbocycles. The Bertz CT molecular complexity index is 1450. The van der Waals surface area contributed by atoms with Gasteiger partial charge in [0.2, 0.25) is 0 Å². The Morgan fingerprint density at radius 1 is 0.567 bits per heavy atom. The number of hydrogen-bond donors (Lipinski definition) is 0. The second-order valence-corrected chi connectivity index (χ2v) is 7.92. The summed E-state index contributed by atoms with van der Waals surface area (Å²) in [6, 6.07) is 21.6. The van der Waals surface area contributed by atoms with Crippen LogP contribution in [0.4, 0.5) is 0 Å². The van der Waals surface area contributed by atoms with Gasteiger partial charge in [-0.05, 0) is 38.1 Å². The zero-order chi connectivity index (χ0) is 20.2. The minimum Gasteiger partial charge on any atom is -0.337 e. The van der Waals surface area contributed by atoms with Gasteiger partial charge in [-0.15, -0.1) is 0 Å². The number of aromatic nitrogens is 4. The molecule has 146 valence electrons. The third-order valence-electron chi connectivity index (χ3n) is 6.27. The fraction of sp³-hybridized carbons (Fsp3) is 0.154. The molecule has 0 fully saturated rings. The summed E-state index contributed by atoms with van der Waals surface area (Å²) in [7, 11) is 0. The molecule has 0 bridgehead atoms. The minimum absolute atomic E-state index is 0.874. The number of para-hydroxylation sites is 2. The fourth-order valence-corrected chi connectivity index (χ4v) is 5.01. The Balaban J connectivity index is 1.57. The van der Waals surface area contributed by atoms with Crippen LogP contribution in [0, 0.1) is 13.8 Å². The lowest BCUT2D eigenvalue weighted by molar-refractivity contribution is 0.629. The van der Waals surface area contributed by atoms with E-state index in [9.17, 15) is 0 Å². The molecule has 0 spiro atoms. The van der Waals surface area contributed by atoms with Gasteiger partial charge in [0.15, 0.2) is 0 Å². The van der Waals surface area contributed by atoms with Crippen molar-refractivity contribution in [3.63, 3.8) is 0 Å². The third kappa shape index (κ3) is 2.34. The first-order chi connectivity index (χ1) is 14.7. The van der Waals surface area contributed by atoms with Crippen molar-refractivity contribution in [3.05, 3.63) is 84.4 Å². The van der Waals surface area contributed by atoms with Gasteiger partial charge in [0.1, 0.15) is 0 Å². The van der Waals surface area contributed by atoms with Gasteiger partial charge in [0, 0.05) is 58.1 Å². The van der Waals surface area contributed by atoms with Crippen LogP contribution in [0.5, 0.6) is 0 Å². The molecule has 0 atom stereocenters. The highest BCUT2D eigenvalue weighted by molar-refractivity contribution is 6.09. The molecular formula is C26H22N4. The van der Waals surface area contributed by atoms with E-state index in [1.165, 1.54) is 43.6 Å². The van der Waals surface area contributed by atoms with Gasteiger partial charge in [-0.25, -0.2) is 0 Å². The summed E-state index contributed by atoms with van der Waals surface area (Å²) >= 11 is 0. The van der Waals surface area contributed by atoms with Gasteiger partial charge < -0.3 is 9.13 Å². The number of aryl methyl sites for hydroxylation is 4. The maximum atomic E-state index is 4.58. The first-order valence-corrected chi connectivity index (χ1v) is 10.4. The highest BCUT2D eigenvalue weighted by Crippen LogP contribution is 2.32. The number of benzene rings is 2. The molecule has 0 unspecified atom stereocenters. The quantitative estimate of drug-likeness (QED) is 0.371. The van der Waals surface area contributed by atoms with E-state index < -0.39 is 0 Å². The van der Waals surface area contributed by atoms with Crippen molar-refractivity contribution >= 4 is 43.6 Å². The van der Waals surface area contributed by atoms with Crippen LogP contribution in [0.1, 0.15) is 11.4 Å². The zero-order valence-corrected chi connectivity index (χ0v) is 17.1. The summed E-state index contributed by atoms with van der Waals surface area (Å²) in [6.07, 6.45) is 3.83. The van der Waals surface area contributed by atoms with E-state index in [0.717, 1.165) is 24.5 Å². The maximum absolute atomic E-state index is 4.58. The summed E-state index contributed by atoms with van der Waals surface area (Å²) in [5.41, 5.74) is 7.13. The molecule has 0 N–H and O–H groups in total. The molecule has 4 heteroatoms. The molecule has 0 aliphatic heterocycles. The van der Waals surface area contributed by atoms with Gasteiger partial charge in [-0.3, -0.25) is 9.97 Å². The lowest BCUT2D eigenvalue weighted by atomic mass is 10.2. The number of pyridine rings is 2. The Labute approximate surface area is 174 Å². The topological polar surface area (TPSA) is 35.6 Å². The molecule has 30 heavy (non-hydrogen) atoms. The lowest BCUT2D eigenvalue weighted by Crippen LogP contribution is -2.08. The SMILES string of the molecule is Cc1nccc2c3ccccc3n(CCn3c4ccccc4c4ccnc(C)c43)c12. The van der Waals surface area contributed by atoms with Gasteiger partial charge in [-0.2, -0.15) is 0 Å². The molecule has 6 rings (SSSR count). The average molecular weight is 390 g/mol. The minimum atomic E-state index is 0.874. The van der Waals surface area contributed by atoms with E-state index in [2.05, 4.69) is 93.6 Å². The van der Waals surface area contributed by atoms with Gasteiger partial charge in [-0.1, -0.05) is 36.4 Å². The third-order valence-corrected chi connectivity index (χ3v) is 6.27. The normalized spacial score (nSPS) is 11.9. The Morgan fingerprint density at radius 3 is 1.47 bits per heavy atom. The van der Waals surface area contributed by atoms with Crippen LogP contribution in [0.25, 0.3) is 43.6 Å². The van der Waals surface area contributed by atoms with Gasteiger partial charge >= 0.3 is 0 Å². The second-order valence-electron chi connectivity index (χ2n) is 7.92. The standard InChI is InChI=1S/C26H22N4/c1-17-25-21(11-13-27-17)19-7-3-5-9-23(19)29(25)15-16-30-24-10-6-4-8-20(24)22-12-14-28-18(2)26(22)30/h3-14H,15-16H2,1-2H3. The van der Waals surface area contributed by atoms with Gasteiger partial charge in [0.25, 0.3) is 0 Å². The van der Waals surface area contributed by atoms with E-state index in [4.69, 9.17) is 0 Å². The van der Waals surface area contributed by atoms with Crippen LogP contribution < -0.4 is 0 Å². The van der Waals surface area contributed by atoms with Crippen LogP contribution >= 0.6 is 0 Å². The average Bonchev–Trinajstić information content (AvgIpc) is 3.27. The first kappa shape index (κ1) is 17.2. The molecule has 0 aliphatic rings. The van der Waals surface area contributed by atoms with Crippen molar-refractivity contribution in [3.8, 4) is 0 Å². The highest BCUT2D eigenvalue weighted by Gasteiger charge is 2.15. The number of hydrogen-bond acceptors (Lipinski definition) is 2. The summed E-state index contributed by atoms with van der Waals surface area (Å²) < 4.78 is 4.86. The molecule has 6 aromatic rings. The zero-order valence-electron chi connectivity index (χ0n) is 17.1. The summed E-state index contributed by atoms with van der Waals surface area (Å²) in [6.45, 7) is 5.95. The molecule has 0 aliphatic carbocycles. The highest BCUT2D eigenvalue weighted by atomic mass is 15.1. The van der Waals surface area contributed by atoms with Crippen LogP contribution in [0.2, 0.25) is 0 Å². The molecule has 4 nitrogen and oxygen atoms in total. The number of nitrogens with zero attached hydrogens (tertiary/aromatic N) is 4. The van der Waals surface area contributed by atoms with Crippen LogP contribution in [0.3, 0.4) is 0 Å². The van der Waals surface area contributed by atoms with Crippen molar-refractivity contribution in [2.75, 3.05) is 0 Å². The van der Waals surface area contributed by atoms with Crippen LogP contribution in [0.15, 0.2) is 73.1 Å². The van der Waals surface area contributed by atoms with Crippen molar-refractivity contribution in [2.45, 2.75) is 26.9 Å². The van der Waals surface area contributed by atoms with Gasteiger partial charge in [0.05, 0.1) is 22.4 Å². The summed E-state index contributed by atoms with van der Waals surface area (Å²) in [5, 5.41) is 5.13. The van der Waals surface area contributed by atoms with Crippen molar-refractivity contribution < 1.29 is 0 Å². The summed E-state index contributed by atoms with van der Waals surface area (Å²) in [5.74, 6) is 0. The first-order valence-electron chi connectivity index (χ1n) is 10.4. The van der Waals surface area contributed by atoms with E-state index in [0.29, 0.717) is 0 Å². The predicted molar refractivity (Wildman–Crippen MR) is 124 cm³/mol. The van der Waals surface area contributed by atoms with Crippen molar-refractivity contribution in [2.24, 2.45) is 0 Å². The molecule has 4 aromatic heterocycles. The molecule has 0 radical (unpaired) electrons. The molecule has 4 heterocycles. The monoisotopic (exact) mass is 390 g/mol. The van der Waals surface area contributed by atoms with Crippen LogP contribution in [-0.2, 0) is 13.1 Å². The lowest BCUT2D eigenvalue weighted by Gasteiger charge is -2.12. The fourth-order valence-electron chi connectivity index (χ4n) is 5.01. The van der Waals surface area contributed by atoms with E-state index in [1.54, 1.807) is 0 Å². The molecular weight excluding hydrogens is 368 g/mol. The number of rotatable bonds is 3. The Kier molecular flexibility index (Phi) is 3.69. The van der Waals surface area contributed by atoms with Crippen molar-refractivity contribution in [1.29, 1.82) is 0 Å². The smallest absolute Gasteiger partial charge is 0.0708 e. The largest absolute Gasteiger partial charge is 0.337 e. The molecule has 2 aromatic carbocycles. The summed E-state index contributed by atoms with van der Waals surface area (Å²) in [4.78, 5) is 9.17. The molecule has 0 saturated heterocycles. The van der Waals surface area contributed by atoms with Crippen molar-refractivity contribution in [1.82, 2.24) is 19.1 Å². The second kappa shape index (κ2) is 6.42. The predicted octanol–water partition coefficient (Wildman–Crippen LogP) is 6.01. The van der Waals surface area contributed by atoms with Crippen LogP contribution in [-0.4, -0.2) is 19.1 Å². The van der Waals surface area contributed by atoms with E-state index in [-0.39, 0.29) is 0 Å². The maximum Gasteiger partial charge on any atom is 0.0708 e.